The van der Waals surface area contributed by atoms with Gasteiger partial charge in [0.15, 0.2) is 0 Å². The lowest BCUT2D eigenvalue weighted by Crippen LogP contribution is -2.13. The van der Waals surface area contributed by atoms with E-state index >= 15 is 0 Å². The molecule has 0 bridgehead atoms. The van der Waals surface area contributed by atoms with E-state index in [2.05, 4.69) is 10.3 Å². The van der Waals surface area contributed by atoms with Crippen LogP contribution in [0.15, 0.2) is 48.7 Å². The molecule has 0 spiro atoms. The second-order valence-corrected chi connectivity index (χ2v) is 5.96. The first kappa shape index (κ1) is 18.0. The van der Waals surface area contributed by atoms with E-state index < -0.39 is 11.7 Å². The van der Waals surface area contributed by atoms with Crippen molar-refractivity contribution in [1.29, 1.82) is 0 Å². The molecule has 136 valence electrons. The molecule has 0 fully saturated rings. The van der Waals surface area contributed by atoms with E-state index in [0.29, 0.717) is 29.1 Å². The van der Waals surface area contributed by atoms with Gasteiger partial charge in [-0.05, 0) is 30.7 Å². The van der Waals surface area contributed by atoms with Gasteiger partial charge in [0.05, 0.1) is 5.56 Å². The molecule has 3 rings (SSSR count). The first-order valence-electron chi connectivity index (χ1n) is 8.34. The van der Waals surface area contributed by atoms with Crippen LogP contribution in [0, 0.1) is 0 Å². The summed E-state index contributed by atoms with van der Waals surface area (Å²) in [6.45, 7) is 2.00. The van der Waals surface area contributed by atoms with Gasteiger partial charge in [0.25, 0.3) is 0 Å². The molecule has 4 nitrogen and oxygen atoms in total. The number of nitrogens with zero attached hydrogens (tertiary/aromatic N) is 2. The van der Waals surface area contributed by atoms with Crippen molar-refractivity contribution in [2.75, 3.05) is 5.32 Å². The topological polar surface area (TPSA) is 46.4 Å². The van der Waals surface area contributed by atoms with E-state index in [4.69, 9.17) is 0 Å². The average molecular weight is 361 g/mol. The molecule has 3 aromatic rings. The molecule has 2 aromatic heterocycles. The number of carbonyl (C=O) groups is 1. The molecule has 0 saturated heterocycles. The summed E-state index contributed by atoms with van der Waals surface area (Å²) in [6, 6.07) is 10.1. The van der Waals surface area contributed by atoms with Gasteiger partial charge in [0.2, 0.25) is 5.91 Å². The molecular formula is C19H18F3N3O. The number of alkyl halides is 3. The molecular weight excluding hydrogens is 343 g/mol. The third-order valence-electron chi connectivity index (χ3n) is 4.03. The number of unbranched alkanes of at least 4 members (excludes halogenated alkanes) is 1. The maximum absolute atomic E-state index is 12.8. The number of pyridine rings is 1. The Kier molecular flexibility index (Phi) is 4.97. The van der Waals surface area contributed by atoms with E-state index in [9.17, 15) is 18.0 Å². The Labute approximate surface area is 148 Å². The van der Waals surface area contributed by atoms with Crippen LogP contribution in [0.1, 0.15) is 31.7 Å². The van der Waals surface area contributed by atoms with Crippen molar-refractivity contribution in [2.24, 2.45) is 0 Å². The lowest BCUT2D eigenvalue weighted by molar-refractivity contribution is -0.137. The Morgan fingerprint density at radius 2 is 1.88 bits per heavy atom. The number of anilines is 1. The van der Waals surface area contributed by atoms with Crippen molar-refractivity contribution >= 4 is 17.4 Å². The molecule has 1 N–H and O–H groups in total. The number of nitrogens with one attached hydrogen (secondary N) is 1. The number of amides is 1. The number of hydrogen-bond donors (Lipinski definition) is 1. The van der Waals surface area contributed by atoms with E-state index in [1.807, 2.05) is 13.0 Å². The predicted molar refractivity (Wildman–Crippen MR) is 93.8 cm³/mol. The summed E-state index contributed by atoms with van der Waals surface area (Å²) in [5.74, 6) is 0.312. The first-order valence-corrected chi connectivity index (χ1v) is 8.34. The van der Waals surface area contributed by atoms with Crippen molar-refractivity contribution < 1.29 is 18.0 Å². The number of carbonyl (C=O) groups excluding carboxylic acids is 1. The van der Waals surface area contributed by atoms with Crippen LogP contribution >= 0.6 is 0 Å². The molecule has 0 saturated carbocycles. The number of benzene rings is 1. The average Bonchev–Trinajstić information content (AvgIpc) is 2.98. The lowest BCUT2D eigenvalue weighted by Gasteiger charge is -2.09. The van der Waals surface area contributed by atoms with Crippen LogP contribution < -0.4 is 5.32 Å². The quantitative estimate of drug-likeness (QED) is 0.683. The molecule has 26 heavy (non-hydrogen) atoms. The second kappa shape index (κ2) is 7.19. The first-order chi connectivity index (χ1) is 12.4. The number of hydrogen-bond acceptors (Lipinski definition) is 2. The minimum absolute atomic E-state index is 0.148. The number of fused-ring (bicyclic) bond motifs is 1. The Bertz CT molecular complexity index is 914. The highest BCUT2D eigenvalue weighted by atomic mass is 19.4. The van der Waals surface area contributed by atoms with Crippen molar-refractivity contribution in [3.63, 3.8) is 0 Å². The fourth-order valence-corrected chi connectivity index (χ4v) is 2.67. The van der Waals surface area contributed by atoms with Gasteiger partial charge in [-0.1, -0.05) is 31.5 Å². The maximum atomic E-state index is 12.8. The van der Waals surface area contributed by atoms with Gasteiger partial charge in [0.1, 0.15) is 17.2 Å². The zero-order chi connectivity index (χ0) is 18.7. The Hall–Kier alpha value is -2.83. The lowest BCUT2D eigenvalue weighted by atomic mass is 10.1. The normalized spacial score (nSPS) is 11.7. The third kappa shape index (κ3) is 3.71. The Balaban J connectivity index is 2.02. The summed E-state index contributed by atoms with van der Waals surface area (Å²) >= 11 is 0. The predicted octanol–water partition coefficient (Wildman–Crippen LogP) is 5.15. The summed E-state index contributed by atoms with van der Waals surface area (Å²) in [5.41, 5.74) is 0.828. The summed E-state index contributed by atoms with van der Waals surface area (Å²) in [4.78, 5) is 16.7. The molecule has 0 radical (unpaired) electrons. The largest absolute Gasteiger partial charge is 0.416 e. The second-order valence-electron chi connectivity index (χ2n) is 5.96. The molecule has 0 aliphatic heterocycles. The zero-order valence-corrected chi connectivity index (χ0v) is 14.2. The standard InChI is InChI=1S/C19H18F3N3O/c1-2-3-7-16(26)24-18-17(23-15-6-4-5-12-25(15)18)13-8-10-14(11-9-13)19(20,21)22/h4-6,8-12H,2-3,7H2,1H3,(H,24,26). The van der Waals surface area contributed by atoms with Gasteiger partial charge in [-0.25, -0.2) is 4.98 Å². The van der Waals surface area contributed by atoms with Crippen molar-refractivity contribution in [3.8, 4) is 11.3 Å². The van der Waals surface area contributed by atoms with Crippen molar-refractivity contribution in [3.05, 3.63) is 54.2 Å². The van der Waals surface area contributed by atoms with Crippen LogP contribution in [0.25, 0.3) is 16.9 Å². The number of aromatic nitrogens is 2. The van der Waals surface area contributed by atoms with Gasteiger partial charge in [-0.3, -0.25) is 9.20 Å². The number of rotatable bonds is 5. The molecule has 0 atom stereocenters. The van der Waals surface area contributed by atoms with E-state index in [1.54, 1.807) is 22.7 Å². The fraction of sp³-hybridized carbons (Fsp3) is 0.263. The number of imidazole rings is 1. The Morgan fingerprint density at radius 1 is 1.15 bits per heavy atom. The van der Waals surface area contributed by atoms with Crippen LogP contribution in [0.4, 0.5) is 19.0 Å². The SMILES string of the molecule is CCCCC(=O)Nc1c(-c2ccc(C(F)(F)F)cc2)nc2ccccn12. The van der Waals surface area contributed by atoms with Gasteiger partial charge in [0, 0.05) is 18.2 Å². The van der Waals surface area contributed by atoms with Gasteiger partial charge in [-0.15, -0.1) is 0 Å². The third-order valence-corrected chi connectivity index (χ3v) is 4.03. The molecule has 1 aromatic carbocycles. The summed E-state index contributed by atoms with van der Waals surface area (Å²) in [7, 11) is 0. The van der Waals surface area contributed by atoms with Crippen LogP contribution in [0.5, 0.6) is 0 Å². The minimum atomic E-state index is -4.39. The summed E-state index contributed by atoms with van der Waals surface area (Å²) in [5, 5.41) is 2.85. The molecule has 2 heterocycles. The minimum Gasteiger partial charge on any atom is -0.310 e. The van der Waals surface area contributed by atoms with Crippen molar-refractivity contribution in [2.45, 2.75) is 32.4 Å². The zero-order valence-electron chi connectivity index (χ0n) is 14.2. The van der Waals surface area contributed by atoms with E-state index in [0.717, 1.165) is 25.0 Å². The van der Waals surface area contributed by atoms with Gasteiger partial charge >= 0.3 is 6.18 Å². The smallest absolute Gasteiger partial charge is 0.310 e. The Morgan fingerprint density at radius 3 is 2.54 bits per heavy atom. The highest BCUT2D eigenvalue weighted by molar-refractivity contribution is 5.94. The molecule has 7 heteroatoms. The fourth-order valence-electron chi connectivity index (χ4n) is 2.67. The van der Waals surface area contributed by atoms with Crippen LogP contribution in [-0.4, -0.2) is 15.3 Å². The summed E-state index contributed by atoms with van der Waals surface area (Å²) in [6.07, 6.45) is -0.604. The monoisotopic (exact) mass is 361 g/mol. The van der Waals surface area contributed by atoms with Crippen molar-refractivity contribution in [1.82, 2.24) is 9.38 Å². The maximum Gasteiger partial charge on any atom is 0.416 e. The molecule has 0 aliphatic rings. The molecule has 1 amide bonds. The van der Waals surface area contributed by atoms with Gasteiger partial charge < -0.3 is 5.32 Å². The highest BCUT2D eigenvalue weighted by Crippen LogP contribution is 2.33. The highest BCUT2D eigenvalue weighted by Gasteiger charge is 2.30. The summed E-state index contributed by atoms with van der Waals surface area (Å²) < 4.78 is 40.1. The van der Waals surface area contributed by atoms with E-state index in [-0.39, 0.29) is 5.91 Å². The van der Waals surface area contributed by atoms with Crippen LogP contribution in [0.3, 0.4) is 0 Å². The molecule has 0 aliphatic carbocycles. The van der Waals surface area contributed by atoms with Gasteiger partial charge in [-0.2, -0.15) is 13.2 Å². The van der Waals surface area contributed by atoms with E-state index in [1.165, 1.54) is 12.1 Å². The van der Waals surface area contributed by atoms with Crippen LogP contribution in [-0.2, 0) is 11.0 Å². The molecule has 0 unspecified atom stereocenters. The van der Waals surface area contributed by atoms with Crippen LogP contribution in [0.2, 0.25) is 0 Å². The number of halogens is 3.